The van der Waals surface area contributed by atoms with E-state index in [1.807, 2.05) is 0 Å². The van der Waals surface area contributed by atoms with Gasteiger partial charge in [-0.25, -0.2) is 0 Å². The summed E-state index contributed by atoms with van der Waals surface area (Å²) in [5.74, 6) is 0. The summed E-state index contributed by atoms with van der Waals surface area (Å²) in [7, 11) is 0. The highest BCUT2D eigenvalue weighted by Gasteiger charge is 2.17. The molecule has 10 aromatic carbocycles. The molecule has 0 atom stereocenters. The summed E-state index contributed by atoms with van der Waals surface area (Å²) in [5.41, 5.74) is 7.53. The molecule has 0 saturated carbocycles. The summed E-state index contributed by atoms with van der Waals surface area (Å²) in [6.07, 6.45) is 0. The van der Waals surface area contributed by atoms with E-state index in [4.69, 9.17) is 0 Å². The van der Waals surface area contributed by atoms with Crippen molar-refractivity contribution in [2.24, 2.45) is 0 Å². The Balaban J connectivity index is 1.25. The van der Waals surface area contributed by atoms with Crippen LogP contribution in [0.2, 0.25) is 0 Å². The number of fused-ring (bicyclic) bond motifs is 8. The summed E-state index contributed by atoms with van der Waals surface area (Å²) in [6.45, 7) is 0. The SMILES string of the molecule is c1ccc2cc(-c3ccc(-c4cc5cc(-c6ccc7ccccc7c6)c6ccccc6c5c5ccccc45)c4ccccc34)ccc2c1. The smallest absolute Gasteiger partial charge is 0.00259 e. The first-order valence-corrected chi connectivity index (χ1v) is 16.7. The quantitative estimate of drug-likeness (QED) is 0.176. The molecule has 0 aromatic heterocycles. The van der Waals surface area contributed by atoms with Gasteiger partial charge in [-0.05, 0) is 122 Å². The molecule has 0 radical (unpaired) electrons. The normalized spacial score (nSPS) is 11.8. The zero-order valence-electron chi connectivity index (χ0n) is 26.3. The molecule has 0 aliphatic carbocycles. The molecule has 0 bridgehead atoms. The van der Waals surface area contributed by atoms with Crippen LogP contribution in [0.4, 0.5) is 0 Å². The van der Waals surface area contributed by atoms with Crippen molar-refractivity contribution >= 4 is 64.6 Å². The molecule has 0 fully saturated rings. The van der Waals surface area contributed by atoms with Crippen molar-refractivity contribution in [1.82, 2.24) is 0 Å². The maximum atomic E-state index is 2.44. The minimum atomic E-state index is 1.24. The Morgan fingerprint density at radius 3 is 1.19 bits per heavy atom. The van der Waals surface area contributed by atoms with Crippen LogP contribution in [0.1, 0.15) is 0 Å². The number of hydrogen-bond acceptors (Lipinski definition) is 0. The largest absolute Gasteiger partial charge is 0.0616 e. The second kappa shape index (κ2) is 10.7. The molecule has 0 N–H and O–H groups in total. The third-order valence-electron chi connectivity index (χ3n) is 10.2. The summed E-state index contributed by atoms with van der Waals surface area (Å²) >= 11 is 0. The number of rotatable bonds is 3. The highest BCUT2D eigenvalue weighted by Crippen LogP contribution is 2.44. The van der Waals surface area contributed by atoms with Gasteiger partial charge in [0.1, 0.15) is 0 Å². The van der Waals surface area contributed by atoms with Gasteiger partial charge < -0.3 is 0 Å². The first-order chi connectivity index (χ1) is 23.8. The van der Waals surface area contributed by atoms with Crippen LogP contribution in [0.15, 0.2) is 182 Å². The monoisotopic (exact) mass is 606 g/mol. The van der Waals surface area contributed by atoms with E-state index in [1.165, 1.54) is 98.0 Å². The summed E-state index contributed by atoms with van der Waals surface area (Å²) in [4.78, 5) is 0. The maximum absolute atomic E-state index is 2.44. The zero-order valence-corrected chi connectivity index (χ0v) is 26.3. The molecular weight excluding hydrogens is 577 g/mol. The van der Waals surface area contributed by atoms with E-state index in [0.29, 0.717) is 0 Å². The van der Waals surface area contributed by atoms with Gasteiger partial charge in [0, 0.05) is 0 Å². The van der Waals surface area contributed by atoms with E-state index < -0.39 is 0 Å². The van der Waals surface area contributed by atoms with Gasteiger partial charge in [0.25, 0.3) is 0 Å². The van der Waals surface area contributed by atoms with Crippen LogP contribution in [0.3, 0.4) is 0 Å². The van der Waals surface area contributed by atoms with E-state index in [0.717, 1.165) is 0 Å². The van der Waals surface area contributed by atoms with Crippen LogP contribution in [-0.2, 0) is 0 Å². The van der Waals surface area contributed by atoms with E-state index in [1.54, 1.807) is 0 Å². The fourth-order valence-corrected chi connectivity index (χ4v) is 7.94. The van der Waals surface area contributed by atoms with Crippen molar-refractivity contribution in [2.45, 2.75) is 0 Å². The highest BCUT2D eigenvalue weighted by molar-refractivity contribution is 6.26. The molecule has 0 amide bonds. The first-order valence-electron chi connectivity index (χ1n) is 16.7. The van der Waals surface area contributed by atoms with Crippen LogP contribution >= 0.6 is 0 Å². The average molecular weight is 607 g/mol. The Hall–Kier alpha value is -6.24. The zero-order chi connectivity index (χ0) is 31.6. The topological polar surface area (TPSA) is 0 Å². The molecule has 10 aromatic rings. The lowest BCUT2D eigenvalue weighted by molar-refractivity contribution is 1.66. The fraction of sp³-hybridized carbons (Fsp3) is 0. The molecule has 0 saturated heterocycles. The number of hydrogen-bond donors (Lipinski definition) is 0. The van der Waals surface area contributed by atoms with Crippen molar-refractivity contribution in [1.29, 1.82) is 0 Å². The summed E-state index contributed by atoms with van der Waals surface area (Å²) in [6, 6.07) is 67.2. The predicted octanol–water partition coefficient (Wildman–Crippen LogP) is 13.6. The Bertz CT molecular complexity index is 2890. The van der Waals surface area contributed by atoms with Gasteiger partial charge in [-0.3, -0.25) is 0 Å². The second-order valence-electron chi connectivity index (χ2n) is 12.9. The third-order valence-corrected chi connectivity index (χ3v) is 10.2. The molecule has 0 heterocycles. The number of benzene rings is 10. The van der Waals surface area contributed by atoms with Gasteiger partial charge in [-0.15, -0.1) is 0 Å². The lowest BCUT2D eigenvalue weighted by atomic mass is 9.85. The van der Waals surface area contributed by atoms with Gasteiger partial charge in [-0.2, -0.15) is 0 Å². The summed E-state index contributed by atoms with van der Waals surface area (Å²) < 4.78 is 0. The predicted molar refractivity (Wildman–Crippen MR) is 208 cm³/mol. The van der Waals surface area contributed by atoms with Crippen molar-refractivity contribution in [3.63, 3.8) is 0 Å². The van der Waals surface area contributed by atoms with Crippen molar-refractivity contribution in [2.75, 3.05) is 0 Å². The maximum Gasteiger partial charge on any atom is -0.00259 e. The minimum absolute atomic E-state index is 1.24. The van der Waals surface area contributed by atoms with Crippen molar-refractivity contribution in [3.8, 4) is 33.4 Å². The van der Waals surface area contributed by atoms with Crippen molar-refractivity contribution in [3.05, 3.63) is 182 Å². The molecule has 0 spiro atoms. The van der Waals surface area contributed by atoms with E-state index in [2.05, 4.69) is 182 Å². The fourth-order valence-electron chi connectivity index (χ4n) is 7.94. The van der Waals surface area contributed by atoms with Crippen LogP contribution in [-0.4, -0.2) is 0 Å². The Labute approximate surface area is 279 Å². The van der Waals surface area contributed by atoms with Crippen molar-refractivity contribution < 1.29 is 0 Å². The molecular formula is C48H30. The van der Waals surface area contributed by atoms with Crippen LogP contribution in [0, 0.1) is 0 Å². The molecule has 0 aliphatic heterocycles. The van der Waals surface area contributed by atoms with E-state index >= 15 is 0 Å². The van der Waals surface area contributed by atoms with Crippen LogP contribution in [0.5, 0.6) is 0 Å². The lowest BCUT2D eigenvalue weighted by Gasteiger charge is -2.18. The molecule has 0 unspecified atom stereocenters. The van der Waals surface area contributed by atoms with Crippen LogP contribution < -0.4 is 0 Å². The molecule has 0 aliphatic rings. The van der Waals surface area contributed by atoms with Gasteiger partial charge in [-0.1, -0.05) is 158 Å². The lowest BCUT2D eigenvalue weighted by Crippen LogP contribution is -1.91. The van der Waals surface area contributed by atoms with Gasteiger partial charge >= 0.3 is 0 Å². The molecule has 48 heavy (non-hydrogen) atoms. The average Bonchev–Trinajstić information content (AvgIpc) is 3.16. The first kappa shape index (κ1) is 26.9. The Morgan fingerprint density at radius 1 is 0.208 bits per heavy atom. The highest BCUT2D eigenvalue weighted by atomic mass is 14.2. The Kier molecular flexibility index (Phi) is 5.98. The molecule has 10 rings (SSSR count). The molecule has 222 valence electrons. The van der Waals surface area contributed by atoms with Gasteiger partial charge in [0.05, 0.1) is 0 Å². The van der Waals surface area contributed by atoms with Crippen LogP contribution in [0.25, 0.3) is 98.0 Å². The Morgan fingerprint density at radius 2 is 0.604 bits per heavy atom. The van der Waals surface area contributed by atoms with Gasteiger partial charge in [0.15, 0.2) is 0 Å². The van der Waals surface area contributed by atoms with E-state index in [9.17, 15) is 0 Å². The standard InChI is InChI=1S/C48H30/c1-3-13-33-27-35(23-21-31(33)11-1)38-25-26-43(40-16-6-5-15-39(38)40)47-30-37-29-46(36-24-22-32-12-2-4-14-34(32)28-36)41-17-7-9-19-44(41)48(37)45-20-10-8-18-42(45)47/h1-30H. The van der Waals surface area contributed by atoms with Gasteiger partial charge in [0.2, 0.25) is 0 Å². The molecule has 0 nitrogen and oxygen atoms in total. The summed E-state index contributed by atoms with van der Waals surface area (Å²) in [5, 5.41) is 15.3. The second-order valence-corrected chi connectivity index (χ2v) is 12.9. The minimum Gasteiger partial charge on any atom is -0.0616 e. The molecule has 0 heteroatoms. The van der Waals surface area contributed by atoms with E-state index in [-0.39, 0.29) is 0 Å². The third kappa shape index (κ3) is 4.16.